The maximum Gasteiger partial charge on any atom is 0.220 e. The van der Waals surface area contributed by atoms with Crippen LogP contribution in [0.15, 0.2) is 53.1 Å². The number of furan rings is 1. The molecule has 0 amide bonds. The third-order valence-electron chi connectivity index (χ3n) is 3.02. The van der Waals surface area contributed by atoms with Gasteiger partial charge in [0.25, 0.3) is 0 Å². The molecule has 0 atom stereocenters. The van der Waals surface area contributed by atoms with E-state index in [4.69, 9.17) is 13.9 Å². The van der Waals surface area contributed by atoms with Gasteiger partial charge in [0.1, 0.15) is 5.76 Å². The predicted molar refractivity (Wildman–Crippen MR) is 78.3 cm³/mol. The first-order chi connectivity index (χ1) is 10.3. The maximum atomic E-state index is 5.41. The lowest BCUT2D eigenvalue weighted by molar-refractivity contribution is 0.372. The highest BCUT2D eigenvalue weighted by molar-refractivity contribution is 5.67. The van der Waals surface area contributed by atoms with Crippen LogP contribution in [0.1, 0.15) is 0 Å². The van der Waals surface area contributed by atoms with Crippen LogP contribution in [0.2, 0.25) is 0 Å². The minimum Gasteiger partial charge on any atom is -0.481 e. The van der Waals surface area contributed by atoms with Crippen molar-refractivity contribution >= 4 is 0 Å². The topological polar surface area (TPSA) is 57.4 Å². The molecule has 0 saturated carbocycles. The van der Waals surface area contributed by atoms with E-state index in [9.17, 15) is 0 Å². The molecule has 0 aliphatic rings. The van der Waals surface area contributed by atoms with Crippen molar-refractivity contribution in [3.8, 4) is 34.5 Å². The highest BCUT2D eigenvalue weighted by atomic mass is 16.5. The van der Waals surface area contributed by atoms with Crippen molar-refractivity contribution in [2.75, 3.05) is 14.2 Å². The molecule has 0 fully saturated rings. The van der Waals surface area contributed by atoms with Crippen LogP contribution in [0.5, 0.6) is 11.8 Å². The normalized spacial score (nSPS) is 10.4. The first-order valence-electron chi connectivity index (χ1n) is 6.41. The van der Waals surface area contributed by atoms with Crippen molar-refractivity contribution in [1.82, 2.24) is 9.97 Å². The summed E-state index contributed by atoms with van der Waals surface area (Å²) in [4.78, 5) is 8.70. The third-order valence-corrected chi connectivity index (χ3v) is 3.02. The number of hydrogen-bond acceptors (Lipinski definition) is 5. The van der Waals surface area contributed by atoms with Gasteiger partial charge in [-0.05, 0) is 18.2 Å². The zero-order valence-corrected chi connectivity index (χ0v) is 11.7. The van der Waals surface area contributed by atoms with Gasteiger partial charge in [-0.15, -0.1) is 0 Å². The van der Waals surface area contributed by atoms with E-state index < -0.39 is 0 Å². The van der Waals surface area contributed by atoms with Crippen molar-refractivity contribution < 1.29 is 13.9 Å². The van der Waals surface area contributed by atoms with Gasteiger partial charge in [0.15, 0.2) is 5.82 Å². The zero-order chi connectivity index (χ0) is 14.7. The summed E-state index contributed by atoms with van der Waals surface area (Å²) in [6.45, 7) is 0. The summed E-state index contributed by atoms with van der Waals surface area (Å²) in [5.41, 5.74) is 1.82. The molecule has 1 aromatic carbocycles. The molecule has 0 spiro atoms. The van der Waals surface area contributed by atoms with Crippen molar-refractivity contribution in [1.29, 1.82) is 0 Å². The molecule has 0 saturated heterocycles. The molecule has 0 aliphatic heterocycles. The first kappa shape index (κ1) is 13.2. The van der Waals surface area contributed by atoms with Gasteiger partial charge < -0.3 is 13.9 Å². The van der Waals surface area contributed by atoms with Crippen LogP contribution in [0.4, 0.5) is 0 Å². The second-order valence-corrected chi connectivity index (χ2v) is 4.33. The van der Waals surface area contributed by atoms with Gasteiger partial charge in [0.2, 0.25) is 11.8 Å². The highest BCUT2D eigenvalue weighted by Gasteiger charge is 2.09. The van der Waals surface area contributed by atoms with E-state index in [2.05, 4.69) is 9.97 Å². The van der Waals surface area contributed by atoms with Gasteiger partial charge in [0, 0.05) is 11.1 Å². The fraction of sp³-hybridized carbons (Fsp3) is 0.125. The Balaban J connectivity index is 2.06. The molecule has 2 aromatic heterocycles. The zero-order valence-electron chi connectivity index (χ0n) is 11.7. The van der Waals surface area contributed by atoms with Gasteiger partial charge in [0.05, 0.1) is 26.5 Å². The molecule has 2 heterocycles. The van der Waals surface area contributed by atoms with Crippen LogP contribution < -0.4 is 9.47 Å². The Bertz CT molecular complexity index is 717. The van der Waals surface area contributed by atoms with Gasteiger partial charge in [-0.3, -0.25) is 0 Å². The molecule has 3 rings (SSSR count). The molecule has 21 heavy (non-hydrogen) atoms. The number of rotatable bonds is 4. The van der Waals surface area contributed by atoms with Crippen molar-refractivity contribution in [3.05, 3.63) is 48.7 Å². The number of nitrogens with zero attached hydrogens (tertiary/aromatic N) is 2. The molecule has 0 N–H and O–H groups in total. The van der Waals surface area contributed by atoms with E-state index >= 15 is 0 Å². The Morgan fingerprint density at radius 1 is 0.857 bits per heavy atom. The van der Waals surface area contributed by atoms with Gasteiger partial charge in [-0.2, -0.15) is 9.97 Å². The van der Waals surface area contributed by atoms with Crippen molar-refractivity contribution in [2.24, 2.45) is 0 Å². The summed E-state index contributed by atoms with van der Waals surface area (Å²) >= 11 is 0. The van der Waals surface area contributed by atoms with E-state index in [-0.39, 0.29) is 0 Å². The molecule has 3 aromatic rings. The fourth-order valence-electron chi connectivity index (χ4n) is 2.00. The minimum absolute atomic E-state index is 0.459. The average molecular weight is 282 g/mol. The van der Waals surface area contributed by atoms with Gasteiger partial charge >= 0.3 is 0 Å². The molecular formula is C16H14N2O3. The van der Waals surface area contributed by atoms with Crippen molar-refractivity contribution in [2.45, 2.75) is 0 Å². The van der Waals surface area contributed by atoms with Crippen LogP contribution in [0, 0.1) is 0 Å². The Kier molecular flexibility index (Phi) is 3.55. The Hall–Kier alpha value is -2.82. The number of methoxy groups -OCH3 is 2. The Labute approximate surface area is 122 Å². The fourth-order valence-corrected chi connectivity index (χ4v) is 2.00. The van der Waals surface area contributed by atoms with E-state index in [0.29, 0.717) is 17.6 Å². The number of aromatic nitrogens is 2. The monoisotopic (exact) mass is 282 g/mol. The lowest BCUT2D eigenvalue weighted by Crippen LogP contribution is -1.97. The van der Waals surface area contributed by atoms with Crippen LogP contribution in [-0.2, 0) is 0 Å². The molecule has 0 bridgehead atoms. The Morgan fingerprint density at radius 3 is 2.19 bits per heavy atom. The number of benzene rings is 1. The largest absolute Gasteiger partial charge is 0.481 e. The lowest BCUT2D eigenvalue weighted by Gasteiger charge is -2.07. The SMILES string of the molecule is COc1cc(OC)nc(-c2cccc(-c3ccco3)c2)n1. The average Bonchev–Trinajstić information content (AvgIpc) is 3.09. The van der Waals surface area contributed by atoms with Crippen LogP contribution in [-0.4, -0.2) is 24.2 Å². The number of hydrogen-bond donors (Lipinski definition) is 0. The summed E-state index contributed by atoms with van der Waals surface area (Å²) in [5.74, 6) is 2.26. The second-order valence-electron chi connectivity index (χ2n) is 4.33. The molecule has 5 nitrogen and oxygen atoms in total. The molecule has 0 radical (unpaired) electrons. The second kappa shape index (κ2) is 5.66. The minimum atomic E-state index is 0.459. The molecule has 0 unspecified atom stereocenters. The smallest absolute Gasteiger partial charge is 0.220 e. The van der Waals surface area contributed by atoms with E-state index in [1.54, 1.807) is 26.5 Å². The molecular weight excluding hydrogens is 268 g/mol. The summed E-state index contributed by atoms with van der Waals surface area (Å²) in [7, 11) is 3.12. The predicted octanol–water partition coefficient (Wildman–Crippen LogP) is 3.42. The van der Waals surface area contributed by atoms with Crippen LogP contribution in [0.3, 0.4) is 0 Å². The van der Waals surface area contributed by atoms with Crippen LogP contribution >= 0.6 is 0 Å². The molecule has 5 heteroatoms. The van der Waals surface area contributed by atoms with Gasteiger partial charge in [-0.25, -0.2) is 0 Å². The van der Waals surface area contributed by atoms with Crippen LogP contribution in [0.25, 0.3) is 22.7 Å². The maximum absolute atomic E-state index is 5.41. The number of ether oxygens (including phenoxy) is 2. The van der Waals surface area contributed by atoms with E-state index in [0.717, 1.165) is 16.9 Å². The van der Waals surface area contributed by atoms with E-state index in [1.807, 2.05) is 36.4 Å². The summed E-state index contributed by atoms with van der Waals surface area (Å²) in [6.07, 6.45) is 1.65. The summed E-state index contributed by atoms with van der Waals surface area (Å²) < 4.78 is 15.8. The standard InChI is InChI=1S/C16H14N2O3/c1-19-14-10-15(20-2)18-16(17-14)12-6-3-5-11(9-12)13-7-4-8-21-13/h3-10H,1-2H3. The summed E-state index contributed by atoms with van der Waals surface area (Å²) in [6, 6.07) is 13.2. The molecule has 0 aliphatic carbocycles. The molecule has 106 valence electrons. The van der Waals surface area contributed by atoms with E-state index in [1.165, 1.54) is 0 Å². The Morgan fingerprint density at radius 2 is 1.57 bits per heavy atom. The summed E-state index contributed by atoms with van der Waals surface area (Å²) in [5, 5.41) is 0. The van der Waals surface area contributed by atoms with Gasteiger partial charge in [-0.1, -0.05) is 18.2 Å². The lowest BCUT2D eigenvalue weighted by atomic mass is 10.1. The highest BCUT2D eigenvalue weighted by Crippen LogP contribution is 2.27. The first-order valence-corrected chi connectivity index (χ1v) is 6.41. The third kappa shape index (κ3) is 2.72. The van der Waals surface area contributed by atoms with Crippen molar-refractivity contribution in [3.63, 3.8) is 0 Å². The quantitative estimate of drug-likeness (QED) is 0.733.